The lowest BCUT2D eigenvalue weighted by Gasteiger charge is -2.05. The standard InChI is InChI=1S/C18H12N4O4/c23-18-13(19-16-17(20-18)22-26-21-16)7-10-1-3-11(4-2-10)12-5-6-14-15(8-12)25-9-24-14/h1-6,8H,7,9H2,(H,20,22,23). The summed E-state index contributed by atoms with van der Waals surface area (Å²) in [4.78, 5) is 18.9. The number of hydrogen-bond donors (Lipinski definition) is 1. The highest BCUT2D eigenvalue weighted by Crippen LogP contribution is 2.35. The molecule has 3 heterocycles. The smallest absolute Gasteiger partial charge is 0.271 e. The summed E-state index contributed by atoms with van der Waals surface area (Å²) in [5.41, 5.74) is 3.64. The zero-order valence-corrected chi connectivity index (χ0v) is 13.4. The van der Waals surface area contributed by atoms with Crippen LogP contribution in [-0.4, -0.2) is 27.1 Å². The molecule has 0 fully saturated rings. The summed E-state index contributed by atoms with van der Waals surface area (Å²) in [6, 6.07) is 13.8. The largest absolute Gasteiger partial charge is 0.454 e. The molecule has 1 aliphatic heterocycles. The van der Waals surface area contributed by atoms with Gasteiger partial charge in [0.25, 0.3) is 5.56 Å². The van der Waals surface area contributed by atoms with Crippen LogP contribution in [0, 0.1) is 0 Å². The molecular formula is C18H12N4O4. The van der Waals surface area contributed by atoms with Gasteiger partial charge in [0.15, 0.2) is 11.5 Å². The normalized spacial score (nSPS) is 12.6. The first-order valence-electron chi connectivity index (χ1n) is 7.97. The van der Waals surface area contributed by atoms with Crippen LogP contribution in [0.3, 0.4) is 0 Å². The minimum atomic E-state index is -0.298. The first-order chi connectivity index (χ1) is 12.8. The molecule has 0 unspecified atom stereocenters. The van der Waals surface area contributed by atoms with Crippen LogP contribution in [-0.2, 0) is 6.42 Å². The van der Waals surface area contributed by atoms with Crippen molar-refractivity contribution in [3.8, 4) is 22.6 Å². The van der Waals surface area contributed by atoms with Crippen LogP contribution in [0.1, 0.15) is 11.3 Å². The number of ether oxygens (including phenoxy) is 2. The molecule has 0 aliphatic carbocycles. The second-order valence-corrected chi connectivity index (χ2v) is 5.89. The number of aromatic amines is 1. The van der Waals surface area contributed by atoms with Crippen LogP contribution in [0.5, 0.6) is 11.5 Å². The molecule has 0 bridgehead atoms. The van der Waals surface area contributed by atoms with Gasteiger partial charge in [-0.2, -0.15) is 0 Å². The molecule has 2 aromatic heterocycles. The molecule has 2 aromatic carbocycles. The van der Waals surface area contributed by atoms with Gasteiger partial charge in [-0.25, -0.2) is 9.61 Å². The summed E-state index contributed by atoms with van der Waals surface area (Å²) >= 11 is 0. The molecule has 0 spiro atoms. The summed E-state index contributed by atoms with van der Waals surface area (Å²) in [6.07, 6.45) is 0.388. The van der Waals surface area contributed by atoms with Crippen molar-refractivity contribution >= 4 is 11.3 Å². The fourth-order valence-corrected chi connectivity index (χ4v) is 2.90. The summed E-state index contributed by atoms with van der Waals surface area (Å²) < 4.78 is 15.3. The fraction of sp³-hybridized carbons (Fsp3) is 0.111. The minimum absolute atomic E-state index is 0.247. The third-order valence-electron chi connectivity index (χ3n) is 4.24. The van der Waals surface area contributed by atoms with E-state index in [0.29, 0.717) is 12.1 Å². The van der Waals surface area contributed by atoms with E-state index in [1.165, 1.54) is 0 Å². The lowest BCUT2D eigenvalue weighted by Crippen LogP contribution is -2.15. The monoisotopic (exact) mass is 348 g/mol. The number of hydrogen-bond acceptors (Lipinski definition) is 7. The van der Waals surface area contributed by atoms with Crippen molar-refractivity contribution in [1.82, 2.24) is 20.3 Å². The quantitative estimate of drug-likeness (QED) is 0.606. The first-order valence-corrected chi connectivity index (χ1v) is 7.97. The highest BCUT2D eigenvalue weighted by molar-refractivity contribution is 5.68. The Balaban J connectivity index is 1.42. The Labute approximate surface area is 146 Å². The molecule has 0 amide bonds. The van der Waals surface area contributed by atoms with Gasteiger partial charge in [-0.1, -0.05) is 30.3 Å². The molecule has 4 aromatic rings. The number of benzene rings is 2. The van der Waals surface area contributed by atoms with Crippen LogP contribution in [0.25, 0.3) is 22.4 Å². The number of nitrogens with zero attached hydrogens (tertiary/aromatic N) is 3. The zero-order valence-electron chi connectivity index (χ0n) is 13.4. The highest BCUT2D eigenvalue weighted by Gasteiger charge is 2.14. The van der Waals surface area contributed by atoms with Gasteiger partial charge in [0, 0.05) is 6.42 Å². The van der Waals surface area contributed by atoms with Crippen molar-refractivity contribution in [2.24, 2.45) is 0 Å². The second kappa shape index (κ2) is 5.69. The van der Waals surface area contributed by atoms with Crippen molar-refractivity contribution in [3.63, 3.8) is 0 Å². The summed E-state index contributed by atoms with van der Waals surface area (Å²) in [6.45, 7) is 0.255. The van der Waals surface area contributed by atoms with Gasteiger partial charge >= 0.3 is 0 Å². The van der Waals surface area contributed by atoms with E-state index in [0.717, 1.165) is 28.2 Å². The van der Waals surface area contributed by atoms with E-state index in [1.54, 1.807) is 0 Å². The Kier molecular flexibility index (Phi) is 3.21. The Hall–Kier alpha value is -3.68. The SMILES string of the molecule is O=c1[nH]c2nonc2nc1Cc1ccc(-c2ccc3c(c2)OCO3)cc1. The van der Waals surface area contributed by atoms with Crippen molar-refractivity contribution in [2.75, 3.05) is 6.79 Å². The predicted octanol–water partition coefficient (Wildman–Crippen LogP) is 2.29. The zero-order chi connectivity index (χ0) is 17.5. The molecule has 8 nitrogen and oxygen atoms in total. The number of fused-ring (bicyclic) bond motifs is 2. The minimum Gasteiger partial charge on any atom is -0.454 e. The fourth-order valence-electron chi connectivity index (χ4n) is 2.90. The molecule has 26 heavy (non-hydrogen) atoms. The van der Waals surface area contributed by atoms with Gasteiger partial charge in [0.1, 0.15) is 5.69 Å². The lowest BCUT2D eigenvalue weighted by atomic mass is 10.0. The van der Waals surface area contributed by atoms with E-state index < -0.39 is 0 Å². The van der Waals surface area contributed by atoms with E-state index in [1.807, 2.05) is 42.5 Å². The Morgan fingerprint density at radius 1 is 0.962 bits per heavy atom. The summed E-state index contributed by atoms with van der Waals surface area (Å²) in [5.74, 6) is 1.50. The molecule has 0 saturated heterocycles. The van der Waals surface area contributed by atoms with Crippen molar-refractivity contribution < 1.29 is 14.1 Å². The molecule has 128 valence electrons. The maximum absolute atomic E-state index is 12.1. The number of aromatic nitrogens is 4. The lowest BCUT2D eigenvalue weighted by molar-refractivity contribution is 0.174. The molecule has 1 aliphatic rings. The van der Waals surface area contributed by atoms with Crippen LogP contribution >= 0.6 is 0 Å². The van der Waals surface area contributed by atoms with E-state index in [9.17, 15) is 4.79 Å². The maximum atomic E-state index is 12.1. The first kappa shape index (κ1) is 14.6. The van der Waals surface area contributed by atoms with Crippen LogP contribution in [0.4, 0.5) is 0 Å². The Morgan fingerprint density at radius 2 is 1.77 bits per heavy atom. The molecular weight excluding hydrogens is 336 g/mol. The van der Waals surface area contributed by atoms with Gasteiger partial charge in [-0.15, -0.1) is 0 Å². The Bertz CT molecular complexity index is 1160. The van der Waals surface area contributed by atoms with Crippen LogP contribution in [0.15, 0.2) is 51.9 Å². The maximum Gasteiger partial charge on any atom is 0.271 e. The molecule has 8 heteroatoms. The van der Waals surface area contributed by atoms with E-state index in [-0.39, 0.29) is 23.6 Å². The van der Waals surface area contributed by atoms with Crippen molar-refractivity contribution in [1.29, 1.82) is 0 Å². The molecule has 1 N–H and O–H groups in total. The molecule has 5 rings (SSSR count). The van der Waals surface area contributed by atoms with Gasteiger partial charge in [-0.3, -0.25) is 9.78 Å². The van der Waals surface area contributed by atoms with Crippen LogP contribution in [0.2, 0.25) is 0 Å². The van der Waals surface area contributed by atoms with Gasteiger partial charge in [0.2, 0.25) is 18.1 Å². The Morgan fingerprint density at radius 3 is 2.65 bits per heavy atom. The third-order valence-corrected chi connectivity index (χ3v) is 4.24. The second-order valence-electron chi connectivity index (χ2n) is 5.89. The van der Waals surface area contributed by atoms with Crippen molar-refractivity contribution in [3.05, 3.63) is 64.1 Å². The predicted molar refractivity (Wildman–Crippen MR) is 91.0 cm³/mol. The van der Waals surface area contributed by atoms with E-state index >= 15 is 0 Å². The number of H-pyrrole nitrogens is 1. The highest BCUT2D eigenvalue weighted by atomic mass is 16.7. The third kappa shape index (κ3) is 2.48. The van der Waals surface area contributed by atoms with E-state index in [2.05, 4.69) is 24.9 Å². The molecule has 0 saturated carbocycles. The van der Waals surface area contributed by atoms with Gasteiger partial charge in [0.05, 0.1) is 0 Å². The van der Waals surface area contributed by atoms with Gasteiger partial charge in [-0.05, 0) is 39.1 Å². The number of rotatable bonds is 3. The van der Waals surface area contributed by atoms with E-state index in [4.69, 9.17) is 9.47 Å². The topological polar surface area (TPSA) is 103 Å². The molecule has 0 atom stereocenters. The van der Waals surface area contributed by atoms with Crippen LogP contribution < -0.4 is 15.0 Å². The average Bonchev–Trinajstić information content (AvgIpc) is 3.30. The number of nitrogens with one attached hydrogen (secondary N) is 1. The average molecular weight is 348 g/mol. The molecule has 0 radical (unpaired) electrons. The summed E-state index contributed by atoms with van der Waals surface area (Å²) in [5, 5.41) is 7.23. The van der Waals surface area contributed by atoms with Gasteiger partial charge < -0.3 is 9.47 Å². The summed E-state index contributed by atoms with van der Waals surface area (Å²) in [7, 11) is 0. The van der Waals surface area contributed by atoms with Crippen molar-refractivity contribution in [2.45, 2.75) is 6.42 Å².